The Kier molecular flexibility index (Phi) is 3.11. The largest absolute Gasteiger partial charge is 0.325 e. The first-order valence-corrected chi connectivity index (χ1v) is 7.06. The van der Waals surface area contributed by atoms with E-state index in [0.717, 1.165) is 16.5 Å². The fourth-order valence-electron chi connectivity index (χ4n) is 1.72. The van der Waals surface area contributed by atoms with Crippen LogP contribution in [0.25, 0.3) is 0 Å². The summed E-state index contributed by atoms with van der Waals surface area (Å²) in [5.74, 6) is 0.811. The second-order valence-electron chi connectivity index (χ2n) is 4.15. The molecule has 1 saturated carbocycles. The van der Waals surface area contributed by atoms with Crippen molar-refractivity contribution in [3.8, 4) is 0 Å². The third-order valence-corrected chi connectivity index (χ3v) is 4.49. The Hall–Kier alpha value is -0.580. The molecule has 0 saturated heterocycles. The standard InChI is InChI=1S/C11H11Cl2N3S/c12-7-4-9-10(5-8(7)13)17-16-11(15-9)14-6-2-1-3-6/h4-6H,1-3H2,(H2,14,15,16). The summed E-state index contributed by atoms with van der Waals surface area (Å²) in [5.41, 5.74) is 0.959. The Morgan fingerprint density at radius 1 is 1.24 bits per heavy atom. The fourth-order valence-corrected chi connectivity index (χ4v) is 2.82. The average Bonchev–Trinajstić information content (AvgIpc) is 2.25. The highest BCUT2D eigenvalue weighted by molar-refractivity contribution is 7.98. The highest BCUT2D eigenvalue weighted by atomic mass is 35.5. The molecule has 2 N–H and O–H groups in total. The first-order chi connectivity index (χ1) is 8.22. The number of guanidine groups is 1. The summed E-state index contributed by atoms with van der Waals surface area (Å²) in [5, 5.41) is 4.37. The first kappa shape index (κ1) is 11.5. The minimum atomic E-state index is 0.468. The number of rotatable bonds is 1. The molecule has 3 rings (SSSR count). The molecule has 6 heteroatoms. The molecule has 90 valence electrons. The third-order valence-electron chi connectivity index (χ3n) is 2.92. The second-order valence-corrected chi connectivity index (χ2v) is 5.82. The van der Waals surface area contributed by atoms with Gasteiger partial charge in [-0.3, -0.25) is 4.72 Å². The lowest BCUT2D eigenvalue weighted by Gasteiger charge is -2.26. The van der Waals surface area contributed by atoms with Crippen molar-refractivity contribution in [3.63, 3.8) is 0 Å². The summed E-state index contributed by atoms with van der Waals surface area (Å²) in [4.78, 5) is 5.62. The first-order valence-electron chi connectivity index (χ1n) is 5.49. The molecule has 0 aromatic heterocycles. The topological polar surface area (TPSA) is 36.4 Å². The van der Waals surface area contributed by atoms with Gasteiger partial charge in [0.2, 0.25) is 5.96 Å². The van der Waals surface area contributed by atoms with E-state index in [-0.39, 0.29) is 0 Å². The lowest BCUT2D eigenvalue weighted by molar-refractivity contribution is 0.419. The average molecular weight is 288 g/mol. The summed E-state index contributed by atoms with van der Waals surface area (Å²) in [6.45, 7) is 0. The van der Waals surface area contributed by atoms with Gasteiger partial charge in [0.1, 0.15) is 0 Å². The predicted molar refractivity (Wildman–Crippen MR) is 74.2 cm³/mol. The summed E-state index contributed by atoms with van der Waals surface area (Å²) in [6.07, 6.45) is 3.66. The van der Waals surface area contributed by atoms with Crippen LogP contribution >= 0.6 is 35.1 Å². The van der Waals surface area contributed by atoms with Crippen LogP contribution in [0.2, 0.25) is 10.0 Å². The number of hydrogen-bond acceptors (Lipinski definition) is 2. The minimum Gasteiger partial charge on any atom is -0.325 e. The molecule has 1 aromatic carbocycles. The molecule has 1 aliphatic heterocycles. The molecule has 0 unspecified atom stereocenters. The molecule has 17 heavy (non-hydrogen) atoms. The predicted octanol–water partition coefficient (Wildman–Crippen LogP) is 3.92. The number of nitrogens with one attached hydrogen (secondary N) is 2. The molecule has 1 aliphatic carbocycles. The van der Waals surface area contributed by atoms with Crippen LogP contribution in [0.4, 0.5) is 5.69 Å². The van der Waals surface area contributed by atoms with Gasteiger partial charge in [0.15, 0.2) is 0 Å². The number of anilines is 1. The minimum absolute atomic E-state index is 0.468. The van der Waals surface area contributed by atoms with Crippen LogP contribution in [0.15, 0.2) is 22.0 Å². The van der Waals surface area contributed by atoms with Crippen molar-refractivity contribution in [2.75, 3.05) is 5.32 Å². The van der Waals surface area contributed by atoms with Gasteiger partial charge in [-0.25, -0.2) is 4.99 Å². The molecule has 1 aromatic rings. The van der Waals surface area contributed by atoms with Crippen LogP contribution in [0.5, 0.6) is 0 Å². The molecule has 0 amide bonds. The van der Waals surface area contributed by atoms with Gasteiger partial charge in [-0.05, 0) is 43.3 Å². The summed E-state index contributed by atoms with van der Waals surface area (Å²) < 4.78 is 3.17. The lowest BCUT2D eigenvalue weighted by atomic mass is 9.94. The van der Waals surface area contributed by atoms with Gasteiger partial charge < -0.3 is 5.32 Å². The van der Waals surface area contributed by atoms with Crippen LogP contribution < -0.4 is 10.0 Å². The maximum Gasteiger partial charge on any atom is 0.206 e. The van der Waals surface area contributed by atoms with Gasteiger partial charge >= 0.3 is 0 Å². The maximum absolute atomic E-state index is 6.00. The smallest absolute Gasteiger partial charge is 0.206 e. The Labute approximate surface area is 114 Å². The van der Waals surface area contributed by atoms with E-state index < -0.39 is 0 Å². The number of halogens is 2. The van der Waals surface area contributed by atoms with E-state index in [9.17, 15) is 0 Å². The van der Waals surface area contributed by atoms with Gasteiger partial charge in [-0.15, -0.1) is 0 Å². The summed E-state index contributed by atoms with van der Waals surface area (Å²) in [7, 11) is 0. The van der Waals surface area contributed by atoms with Crippen LogP contribution in [0.3, 0.4) is 0 Å². The zero-order chi connectivity index (χ0) is 11.8. The lowest BCUT2D eigenvalue weighted by Crippen LogP contribution is -2.32. The van der Waals surface area contributed by atoms with Crippen LogP contribution in [-0.4, -0.2) is 12.0 Å². The monoisotopic (exact) mass is 287 g/mol. The molecule has 0 spiro atoms. The molecule has 2 aliphatic rings. The van der Waals surface area contributed by atoms with Gasteiger partial charge in [-0.2, -0.15) is 0 Å². The number of fused-ring (bicyclic) bond motifs is 1. The molecule has 0 bridgehead atoms. The zero-order valence-corrected chi connectivity index (χ0v) is 11.3. The van der Waals surface area contributed by atoms with E-state index in [4.69, 9.17) is 23.2 Å². The van der Waals surface area contributed by atoms with E-state index in [1.165, 1.54) is 31.2 Å². The molecule has 1 heterocycles. The van der Waals surface area contributed by atoms with Gasteiger partial charge in [0, 0.05) is 0 Å². The molecular weight excluding hydrogens is 277 g/mol. The van der Waals surface area contributed by atoms with E-state index in [1.807, 2.05) is 12.1 Å². The second kappa shape index (κ2) is 4.59. The Morgan fingerprint density at radius 2 is 2.00 bits per heavy atom. The normalized spacial score (nSPS) is 21.4. The van der Waals surface area contributed by atoms with Crippen molar-refractivity contribution in [1.82, 2.24) is 4.72 Å². The van der Waals surface area contributed by atoms with Crippen LogP contribution in [0.1, 0.15) is 19.3 Å². The van der Waals surface area contributed by atoms with Crippen molar-refractivity contribution in [1.29, 1.82) is 0 Å². The van der Waals surface area contributed by atoms with Gasteiger partial charge in [-0.1, -0.05) is 23.2 Å². The summed E-state index contributed by atoms with van der Waals surface area (Å²) >= 11 is 13.5. The SMILES string of the molecule is Clc1cc2c(cc1Cl)SNC(=NC1CCC1)N2. The molecule has 0 radical (unpaired) electrons. The Balaban J connectivity index is 1.84. The number of hydrogen-bond donors (Lipinski definition) is 2. The fraction of sp³-hybridized carbons (Fsp3) is 0.364. The van der Waals surface area contributed by atoms with Crippen molar-refractivity contribution in [3.05, 3.63) is 22.2 Å². The zero-order valence-electron chi connectivity index (χ0n) is 8.96. The molecule has 0 atom stereocenters. The van der Waals surface area contributed by atoms with Crippen LogP contribution in [-0.2, 0) is 0 Å². The maximum atomic E-state index is 6.00. The Bertz CT molecular complexity index is 486. The van der Waals surface area contributed by atoms with E-state index >= 15 is 0 Å². The van der Waals surface area contributed by atoms with E-state index in [1.54, 1.807) is 0 Å². The van der Waals surface area contributed by atoms with Crippen molar-refractivity contribution < 1.29 is 0 Å². The quantitative estimate of drug-likeness (QED) is 0.769. The van der Waals surface area contributed by atoms with Crippen molar-refractivity contribution in [2.24, 2.45) is 4.99 Å². The van der Waals surface area contributed by atoms with Crippen molar-refractivity contribution in [2.45, 2.75) is 30.2 Å². The van der Waals surface area contributed by atoms with E-state index in [0.29, 0.717) is 16.1 Å². The number of benzene rings is 1. The van der Waals surface area contributed by atoms with E-state index in [2.05, 4.69) is 15.0 Å². The highest BCUT2D eigenvalue weighted by Crippen LogP contribution is 2.36. The number of nitrogens with zero attached hydrogens (tertiary/aromatic N) is 1. The highest BCUT2D eigenvalue weighted by Gasteiger charge is 2.20. The number of aliphatic imine (C=N–C) groups is 1. The van der Waals surface area contributed by atoms with Crippen molar-refractivity contribution >= 4 is 46.8 Å². The van der Waals surface area contributed by atoms with Crippen LogP contribution in [0, 0.1) is 0 Å². The third kappa shape index (κ3) is 2.34. The molecular formula is C11H11Cl2N3S. The van der Waals surface area contributed by atoms with Gasteiger partial charge in [0.05, 0.1) is 26.7 Å². The molecule has 3 nitrogen and oxygen atoms in total. The Morgan fingerprint density at radius 3 is 2.71 bits per heavy atom. The van der Waals surface area contributed by atoms with Gasteiger partial charge in [0.25, 0.3) is 0 Å². The molecule has 1 fully saturated rings. The summed E-state index contributed by atoms with van der Waals surface area (Å²) in [6, 6.07) is 4.16.